The van der Waals surface area contributed by atoms with Crippen LogP contribution in [0.5, 0.6) is 0 Å². The van der Waals surface area contributed by atoms with Gasteiger partial charge >= 0.3 is 0 Å². The zero-order valence-corrected chi connectivity index (χ0v) is 14.1. The van der Waals surface area contributed by atoms with Crippen molar-refractivity contribution in [3.8, 4) is 0 Å². The fourth-order valence-electron chi connectivity index (χ4n) is 3.03. The van der Waals surface area contributed by atoms with E-state index < -0.39 is 0 Å². The molecule has 118 valence electrons. The first-order valence-electron chi connectivity index (χ1n) is 7.94. The van der Waals surface area contributed by atoms with E-state index in [2.05, 4.69) is 37.6 Å². The Hall–Kier alpha value is -1.40. The van der Waals surface area contributed by atoms with Crippen molar-refractivity contribution in [2.45, 2.75) is 50.2 Å². The Kier molecular flexibility index (Phi) is 5.10. The first kappa shape index (κ1) is 15.5. The highest BCUT2D eigenvalue weighted by Crippen LogP contribution is 2.24. The summed E-state index contributed by atoms with van der Waals surface area (Å²) in [6.07, 6.45) is 4.41. The van der Waals surface area contributed by atoms with E-state index in [1.54, 1.807) is 11.8 Å². The van der Waals surface area contributed by atoms with E-state index in [0.29, 0.717) is 6.04 Å². The number of aryl methyl sites for hydroxylation is 1. The number of pyridine rings is 1. The second-order valence-electron chi connectivity index (χ2n) is 5.67. The SMILES string of the molecule is CCN1CCCC1Cn1c(C)nnc1SCc1ccccn1. The topological polar surface area (TPSA) is 46.8 Å². The third kappa shape index (κ3) is 3.50. The first-order chi connectivity index (χ1) is 10.8. The average Bonchev–Trinajstić information content (AvgIpc) is 3.14. The van der Waals surface area contributed by atoms with Gasteiger partial charge in [0.2, 0.25) is 0 Å². The quantitative estimate of drug-likeness (QED) is 0.767. The van der Waals surface area contributed by atoms with E-state index in [1.165, 1.54) is 19.4 Å². The van der Waals surface area contributed by atoms with Crippen LogP contribution in [0, 0.1) is 6.92 Å². The number of likely N-dealkylation sites (N-methyl/N-ethyl adjacent to an activating group) is 1. The fourth-order valence-corrected chi connectivity index (χ4v) is 3.94. The normalized spacial score (nSPS) is 18.9. The third-order valence-electron chi connectivity index (χ3n) is 4.28. The van der Waals surface area contributed by atoms with Crippen LogP contribution in [0.3, 0.4) is 0 Å². The van der Waals surface area contributed by atoms with Crippen molar-refractivity contribution in [2.24, 2.45) is 0 Å². The summed E-state index contributed by atoms with van der Waals surface area (Å²) in [4.78, 5) is 6.93. The molecule has 0 bridgehead atoms. The van der Waals surface area contributed by atoms with Crippen LogP contribution < -0.4 is 0 Å². The standard InChI is InChI=1S/C16H23N5S/c1-3-20-10-6-8-15(20)11-21-13(2)18-19-16(21)22-12-14-7-4-5-9-17-14/h4-5,7,9,15H,3,6,8,10-12H2,1-2H3. The van der Waals surface area contributed by atoms with Crippen molar-refractivity contribution in [1.29, 1.82) is 0 Å². The van der Waals surface area contributed by atoms with Gasteiger partial charge in [0.25, 0.3) is 0 Å². The molecule has 1 saturated heterocycles. The van der Waals surface area contributed by atoms with E-state index >= 15 is 0 Å². The highest BCUT2D eigenvalue weighted by Gasteiger charge is 2.25. The lowest BCUT2D eigenvalue weighted by molar-refractivity contribution is 0.239. The van der Waals surface area contributed by atoms with Crippen LogP contribution in [0.1, 0.15) is 31.3 Å². The smallest absolute Gasteiger partial charge is 0.191 e. The van der Waals surface area contributed by atoms with E-state index in [1.807, 2.05) is 25.3 Å². The number of hydrogen-bond donors (Lipinski definition) is 0. The number of thioether (sulfide) groups is 1. The van der Waals surface area contributed by atoms with Gasteiger partial charge in [-0.3, -0.25) is 9.88 Å². The summed E-state index contributed by atoms with van der Waals surface area (Å²) in [5.41, 5.74) is 1.08. The lowest BCUT2D eigenvalue weighted by Gasteiger charge is -2.23. The molecule has 0 aliphatic carbocycles. The molecule has 1 atom stereocenters. The molecule has 3 rings (SSSR count). The maximum atomic E-state index is 4.37. The Labute approximate surface area is 136 Å². The molecule has 0 N–H and O–H groups in total. The molecular formula is C16H23N5S. The van der Waals surface area contributed by atoms with Gasteiger partial charge in [0, 0.05) is 24.5 Å². The fraction of sp³-hybridized carbons (Fsp3) is 0.562. The lowest BCUT2D eigenvalue weighted by Crippen LogP contribution is -2.33. The molecular weight excluding hydrogens is 294 g/mol. The highest BCUT2D eigenvalue weighted by atomic mass is 32.2. The van der Waals surface area contributed by atoms with Crippen LogP contribution in [0.2, 0.25) is 0 Å². The molecule has 2 aromatic rings. The van der Waals surface area contributed by atoms with Gasteiger partial charge in [-0.25, -0.2) is 0 Å². The molecule has 1 fully saturated rings. The van der Waals surface area contributed by atoms with Gasteiger partial charge in [-0.15, -0.1) is 10.2 Å². The maximum absolute atomic E-state index is 4.37. The maximum Gasteiger partial charge on any atom is 0.191 e. The second-order valence-corrected chi connectivity index (χ2v) is 6.62. The predicted octanol–water partition coefficient (Wildman–Crippen LogP) is 2.76. The molecule has 1 unspecified atom stereocenters. The number of rotatable bonds is 6. The number of hydrogen-bond acceptors (Lipinski definition) is 5. The van der Waals surface area contributed by atoms with Gasteiger partial charge in [0.15, 0.2) is 5.16 Å². The molecule has 0 aromatic carbocycles. The summed E-state index contributed by atoms with van der Waals surface area (Å²) in [5, 5.41) is 9.63. The van der Waals surface area contributed by atoms with Crippen molar-refractivity contribution >= 4 is 11.8 Å². The number of aromatic nitrogens is 4. The Balaban J connectivity index is 1.68. The van der Waals surface area contributed by atoms with Gasteiger partial charge in [0.1, 0.15) is 5.82 Å². The van der Waals surface area contributed by atoms with Gasteiger partial charge in [-0.05, 0) is 45.0 Å². The average molecular weight is 317 g/mol. The zero-order valence-electron chi connectivity index (χ0n) is 13.3. The summed E-state index contributed by atoms with van der Waals surface area (Å²) in [5.74, 6) is 1.84. The van der Waals surface area contributed by atoms with Crippen molar-refractivity contribution in [1.82, 2.24) is 24.6 Å². The van der Waals surface area contributed by atoms with E-state index in [0.717, 1.165) is 35.5 Å². The monoisotopic (exact) mass is 317 g/mol. The number of nitrogens with zero attached hydrogens (tertiary/aromatic N) is 5. The van der Waals surface area contributed by atoms with Crippen LogP contribution >= 0.6 is 11.8 Å². The van der Waals surface area contributed by atoms with Crippen LogP contribution in [0.15, 0.2) is 29.6 Å². The molecule has 0 spiro atoms. The largest absolute Gasteiger partial charge is 0.305 e. The van der Waals surface area contributed by atoms with E-state index in [4.69, 9.17) is 0 Å². The Morgan fingerprint density at radius 3 is 3.00 bits per heavy atom. The molecule has 0 saturated carbocycles. The second kappa shape index (κ2) is 7.24. The van der Waals surface area contributed by atoms with Crippen LogP contribution in [0.4, 0.5) is 0 Å². The molecule has 1 aliphatic heterocycles. The van der Waals surface area contributed by atoms with Crippen molar-refractivity contribution in [3.63, 3.8) is 0 Å². The van der Waals surface area contributed by atoms with Gasteiger partial charge in [-0.1, -0.05) is 24.8 Å². The minimum Gasteiger partial charge on any atom is -0.305 e. The molecule has 22 heavy (non-hydrogen) atoms. The lowest BCUT2D eigenvalue weighted by atomic mass is 10.2. The van der Waals surface area contributed by atoms with Crippen molar-refractivity contribution in [2.75, 3.05) is 13.1 Å². The van der Waals surface area contributed by atoms with Crippen molar-refractivity contribution < 1.29 is 0 Å². The first-order valence-corrected chi connectivity index (χ1v) is 8.93. The summed E-state index contributed by atoms with van der Waals surface area (Å²) in [7, 11) is 0. The molecule has 5 nitrogen and oxygen atoms in total. The highest BCUT2D eigenvalue weighted by molar-refractivity contribution is 7.98. The molecule has 0 radical (unpaired) electrons. The minimum atomic E-state index is 0.619. The summed E-state index contributed by atoms with van der Waals surface area (Å²) >= 11 is 1.72. The molecule has 3 heterocycles. The summed E-state index contributed by atoms with van der Waals surface area (Å²) in [6, 6.07) is 6.64. The van der Waals surface area contributed by atoms with Gasteiger partial charge in [0.05, 0.1) is 5.69 Å². The van der Waals surface area contributed by atoms with Crippen LogP contribution in [-0.4, -0.2) is 43.8 Å². The molecule has 2 aromatic heterocycles. The van der Waals surface area contributed by atoms with Crippen LogP contribution in [0.25, 0.3) is 0 Å². The van der Waals surface area contributed by atoms with E-state index in [-0.39, 0.29) is 0 Å². The number of likely N-dealkylation sites (tertiary alicyclic amines) is 1. The summed E-state index contributed by atoms with van der Waals surface area (Å²) < 4.78 is 2.27. The zero-order chi connectivity index (χ0) is 15.4. The molecule has 6 heteroatoms. The third-order valence-corrected chi connectivity index (χ3v) is 5.28. The van der Waals surface area contributed by atoms with Crippen molar-refractivity contribution in [3.05, 3.63) is 35.9 Å². The minimum absolute atomic E-state index is 0.619. The van der Waals surface area contributed by atoms with Gasteiger partial charge < -0.3 is 4.57 Å². The van der Waals surface area contributed by atoms with E-state index in [9.17, 15) is 0 Å². The molecule has 1 aliphatic rings. The predicted molar refractivity (Wildman–Crippen MR) is 88.8 cm³/mol. The Morgan fingerprint density at radius 2 is 2.23 bits per heavy atom. The molecule has 0 amide bonds. The Morgan fingerprint density at radius 1 is 1.32 bits per heavy atom. The summed E-state index contributed by atoms with van der Waals surface area (Å²) in [6.45, 7) is 7.63. The van der Waals surface area contributed by atoms with Crippen LogP contribution in [-0.2, 0) is 12.3 Å². The van der Waals surface area contributed by atoms with Gasteiger partial charge in [-0.2, -0.15) is 0 Å². The Bertz CT molecular complexity index is 598.